The number of likely N-dealkylation sites (tertiary alicyclic amines) is 1. The minimum atomic E-state index is -1.03. The Morgan fingerprint density at radius 2 is 1.68 bits per heavy atom. The molecule has 1 unspecified atom stereocenters. The molecule has 0 saturated carbocycles. The average Bonchev–Trinajstić information content (AvgIpc) is 3.83. The van der Waals surface area contributed by atoms with Crippen molar-refractivity contribution in [2.45, 2.75) is 161 Å². The zero-order valence-corrected chi connectivity index (χ0v) is 44.8. The highest BCUT2D eigenvalue weighted by molar-refractivity contribution is 6.01. The van der Waals surface area contributed by atoms with Gasteiger partial charge in [0.05, 0.1) is 24.4 Å². The van der Waals surface area contributed by atoms with E-state index in [9.17, 15) is 23.6 Å². The molecule has 2 saturated heterocycles. The molecule has 74 heavy (non-hydrogen) atoms. The van der Waals surface area contributed by atoms with Crippen LogP contribution in [0.5, 0.6) is 0 Å². The molecule has 0 aliphatic carbocycles. The first-order chi connectivity index (χ1) is 35.6. The van der Waals surface area contributed by atoms with Gasteiger partial charge in [-0.15, -0.1) is 0 Å². The molecular weight excluding hydrogens is 938 g/mol. The number of ether oxygens (including phenoxy) is 1. The van der Waals surface area contributed by atoms with Gasteiger partial charge >= 0.3 is 0 Å². The maximum absolute atomic E-state index is 13.8. The molecule has 5 rings (SSSR count). The molecule has 16 nitrogen and oxygen atoms in total. The highest BCUT2D eigenvalue weighted by Crippen LogP contribution is 2.30. The second kappa shape index (κ2) is 29.9. The third-order valence-corrected chi connectivity index (χ3v) is 13.9. The van der Waals surface area contributed by atoms with Crippen LogP contribution in [-0.4, -0.2) is 87.9 Å². The van der Waals surface area contributed by atoms with Crippen molar-refractivity contribution in [2.75, 3.05) is 38.6 Å². The fraction of sp³-hybridized carbons (Fsp3) is 0.526. The quantitative estimate of drug-likeness (QED) is 0.0160. The molecule has 1 aromatic carbocycles. The van der Waals surface area contributed by atoms with E-state index in [2.05, 4.69) is 62.0 Å². The minimum Gasteiger partial charge on any atom is -0.402 e. The summed E-state index contributed by atoms with van der Waals surface area (Å²) in [5, 5.41) is 19.6. The van der Waals surface area contributed by atoms with Gasteiger partial charge in [-0.05, 0) is 114 Å². The Morgan fingerprint density at radius 1 is 0.973 bits per heavy atom. The first kappa shape index (κ1) is 58.3. The third kappa shape index (κ3) is 18.7. The number of aromatic nitrogens is 3. The lowest BCUT2D eigenvalue weighted by Gasteiger charge is -2.40. The zero-order chi connectivity index (χ0) is 53.5. The lowest BCUT2D eigenvalue weighted by Crippen LogP contribution is -2.55. The van der Waals surface area contributed by atoms with Crippen LogP contribution in [0.2, 0.25) is 0 Å². The number of pyridine rings is 1. The molecular formula is C57H82FN11O5. The van der Waals surface area contributed by atoms with Crippen molar-refractivity contribution < 1.29 is 28.3 Å². The molecule has 4 amide bonds. The number of amides is 4. The van der Waals surface area contributed by atoms with E-state index in [1.54, 1.807) is 19.4 Å². The molecule has 17 heteroatoms. The van der Waals surface area contributed by atoms with E-state index in [1.807, 2.05) is 63.3 Å². The molecule has 2 aromatic heterocycles. The van der Waals surface area contributed by atoms with Crippen LogP contribution in [0.3, 0.4) is 0 Å². The SMILES string of the molecule is C=C(/N=C(\C=C(/C)NC(/C=C(/C)N)=C(/C)CC)CCCCC(=O)NCCCCCCCCCCNc1cccc(C2CCC(=O)NC2=O)c1)N1CCC(OC)(C(=O)N[C@@H](C)c2ccc(-n3cc(F)cn3)nc2)CC1. The average molecular weight is 1020 g/mol. The Morgan fingerprint density at radius 3 is 2.31 bits per heavy atom. The smallest absolute Gasteiger partial charge is 0.252 e. The van der Waals surface area contributed by atoms with Crippen LogP contribution in [0.4, 0.5) is 10.1 Å². The predicted octanol–water partition coefficient (Wildman–Crippen LogP) is 9.45. The third-order valence-electron chi connectivity index (χ3n) is 13.9. The van der Waals surface area contributed by atoms with Gasteiger partial charge in [0.2, 0.25) is 17.7 Å². The summed E-state index contributed by atoms with van der Waals surface area (Å²) < 4.78 is 20.8. The number of allylic oxidation sites excluding steroid dienone is 5. The number of unbranched alkanes of at least 4 members (excludes halogenated alkanes) is 8. The fourth-order valence-electron chi connectivity index (χ4n) is 9.18. The topological polar surface area (TPSA) is 210 Å². The van der Waals surface area contributed by atoms with Crippen LogP contribution in [0, 0.1) is 5.82 Å². The van der Waals surface area contributed by atoms with Crippen molar-refractivity contribution in [2.24, 2.45) is 10.7 Å². The zero-order valence-electron chi connectivity index (χ0n) is 44.8. The number of anilines is 1. The van der Waals surface area contributed by atoms with Gasteiger partial charge in [-0.1, -0.05) is 75.8 Å². The maximum atomic E-state index is 13.8. The lowest BCUT2D eigenvalue weighted by atomic mass is 9.89. The van der Waals surface area contributed by atoms with Crippen LogP contribution in [0.25, 0.3) is 5.82 Å². The Kier molecular flexibility index (Phi) is 23.6. The Hall–Kier alpha value is -6.62. The van der Waals surface area contributed by atoms with E-state index >= 15 is 0 Å². The number of halogens is 1. The molecule has 7 N–H and O–H groups in total. The standard InChI is InChI=1S/C57H82FN11O5/c1-8-40(2)51(34-41(3)59)64-42(4)35-49(66-44(6)68-32-28-57(74-7,29-33-68)56(73)65-43(5)46-24-26-52(62-37-46)69-39-47(58)38-63-69)21-15-16-23-53(70)61-31-18-14-12-10-9-11-13-17-30-60-48-22-19-20-45(36-48)50-25-27-54(71)67-55(50)72/h19-20,22,24,26,34-39,43,50,60,64H,6,8-18,21,23,25,27-33,59H2,1-5,7H3,(H,61,70)(H,65,73)(H,67,71,72)/b41-34-,42-35+,51-40-,66-49-/t43-,50?/m0/s1. The van der Waals surface area contributed by atoms with Crippen LogP contribution in [-0.2, 0) is 23.9 Å². The van der Waals surface area contributed by atoms with E-state index in [-0.39, 0.29) is 35.6 Å². The summed E-state index contributed by atoms with van der Waals surface area (Å²) in [6.07, 6.45) is 22.2. The van der Waals surface area contributed by atoms with Crippen LogP contribution >= 0.6 is 0 Å². The fourth-order valence-corrected chi connectivity index (χ4v) is 9.18. The van der Waals surface area contributed by atoms with Crippen molar-refractivity contribution in [1.29, 1.82) is 0 Å². The molecule has 2 fully saturated rings. The highest BCUT2D eigenvalue weighted by atomic mass is 19.1. The van der Waals surface area contributed by atoms with Crippen LogP contribution < -0.4 is 32.3 Å². The molecule has 0 spiro atoms. The van der Waals surface area contributed by atoms with Gasteiger partial charge in [0.25, 0.3) is 5.91 Å². The van der Waals surface area contributed by atoms with Crippen molar-refractivity contribution >= 4 is 35.0 Å². The summed E-state index contributed by atoms with van der Waals surface area (Å²) in [7, 11) is 1.57. The molecule has 0 radical (unpaired) electrons. The summed E-state index contributed by atoms with van der Waals surface area (Å²) >= 11 is 0. The van der Waals surface area contributed by atoms with Gasteiger partial charge in [-0.25, -0.2) is 19.0 Å². The predicted molar refractivity (Wildman–Crippen MR) is 291 cm³/mol. The van der Waals surface area contributed by atoms with Crippen LogP contribution in [0.1, 0.15) is 167 Å². The first-order valence-electron chi connectivity index (χ1n) is 26.7. The summed E-state index contributed by atoms with van der Waals surface area (Å²) in [4.78, 5) is 62.0. The monoisotopic (exact) mass is 1020 g/mol. The molecule has 4 heterocycles. The number of carbonyl (C=O) groups excluding carboxylic acids is 4. The van der Waals surface area contributed by atoms with E-state index < -0.39 is 11.4 Å². The van der Waals surface area contributed by atoms with E-state index in [1.165, 1.54) is 35.7 Å². The molecule has 2 atom stereocenters. The Balaban J connectivity index is 1.01. The van der Waals surface area contributed by atoms with Crippen molar-refractivity contribution in [3.8, 4) is 5.82 Å². The normalized spacial score (nSPS) is 17.0. The van der Waals surface area contributed by atoms with Gasteiger partial charge in [-0.3, -0.25) is 24.5 Å². The minimum absolute atomic E-state index is 0.0671. The van der Waals surface area contributed by atoms with Gasteiger partial charge in [0, 0.05) is 93.7 Å². The lowest BCUT2D eigenvalue weighted by molar-refractivity contribution is -0.149. The summed E-state index contributed by atoms with van der Waals surface area (Å²) in [5.41, 5.74) is 12.3. The number of nitrogens with zero attached hydrogens (tertiary/aromatic N) is 5. The van der Waals surface area contributed by atoms with Gasteiger partial charge < -0.3 is 36.6 Å². The molecule has 0 bridgehead atoms. The van der Waals surface area contributed by atoms with E-state index in [4.69, 9.17) is 15.5 Å². The van der Waals surface area contributed by atoms with Crippen LogP contribution in [0.15, 0.2) is 107 Å². The number of rotatable bonds is 30. The van der Waals surface area contributed by atoms with Gasteiger partial charge in [0.1, 0.15) is 11.4 Å². The number of methoxy groups -OCH3 is 1. The molecule has 3 aromatic rings. The number of hydrogen-bond acceptors (Lipinski definition) is 12. The van der Waals surface area contributed by atoms with Crippen molar-refractivity contribution in [3.63, 3.8) is 0 Å². The Bertz CT molecular complexity index is 2470. The summed E-state index contributed by atoms with van der Waals surface area (Å²) in [6, 6.07) is 11.2. The first-order valence-corrected chi connectivity index (χ1v) is 26.7. The number of imide groups is 1. The number of piperidine rings is 2. The Labute approximate surface area is 438 Å². The highest BCUT2D eigenvalue weighted by Gasteiger charge is 2.42. The number of aliphatic imine (C=N–C) groups is 1. The number of nitrogens with two attached hydrogens (primary N) is 1. The second-order valence-electron chi connectivity index (χ2n) is 19.8. The maximum Gasteiger partial charge on any atom is 0.252 e. The number of nitrogens with one attached hydrogen (secondary N) is 5. The molecule has 2 aliphatic rings. The number of benzene rings is 1. The number of carbonyl (C=O) groups is 4. The second-order valence-corrected chi connectivity index (χ2v) is 19.8. The van der Waals surface area contributed by atoms with Gasteiger partial charge in [0.15, 0.2) is 11.6 Å². The summed E-state index contributed by atoms with van der Waals surface area (Å²) in [6.45, 7) is 16.9. The summed E-state index contributed by atoms with van der Waals surface area (Å²) in [5.74, 6) is -0.206. The number of hydrogen-bond donors (Lipinski definition) is 6. The van der Waals surface area contributed by atoms with Crippen molar-refractivity contribution in [1.82, 2.24) is 40.9 Å². The molecule has 402 valence electrons. The van der Waals surface area contributed by atoms with E-state index in [0.29, 0.717) is 75.5 Å². The van der Waals surface area contributed by atoms with Crippen molar-refractivity contribution in [3.05, 3.63) is 119 Å². The molecule has 2 aliphatic heterocycles. The van der Waals surface area contributed by atoms with Gasteiger partial charge in [-0.2, -0.15) is 5.10 Å². The largest absolute Gasteiger partial charge is 0.402 e. The van der Waals surface area contributed by atoms with E-state index in [0.717, 1.165) is 98.0 Å².